The fourth-order valence-corrected chi connectivity index (χ4v) is 5.17. The van der Waals surface area contributed by atoms with E-state index in [1.807, 2.05) is 4.90 Å². The van der Waals surface area contributed by atoms with Crippen LogP contribution in [0.1, 0.15) is 66.8 Å². The molecule has 1 N–H and O–H groups in total. The normalized spacial score (nSPS) is 23.2. The first kappa shape index (κ1) is 18.4. The van der Waals surface area contributed by atoms with Crippen LogP contribution < -0.4 is 5.32 Å². The highest BCUT2D eigenvalue weighted by Gasteiger charge is 2.31. The largest absolute Gasteiger partial charge is 0.356 e. The molecule has 4 nitrogen and oxygen atoms in total. The van der Waals surface area contributed by atoms with Gasteiger partial charge in [-0.2, -0.15) is 0 Å². The quantitative estimate of drug-likeness (QED) is 0.813. The molecule has 1 fully saturated rings. The summed E-state index contributed by atoms with van der Waals surface area (Å²) >= 11 is 1.74. The average Bonchev–Trinajstić information content (AvgIpc) is 3.04. The number of hydrogen-bond acceptors (Lipinski definition) is 3. The van der Waals surface area contributed by atoms with Crippen LogP contribution in [0.3, 0.4) is 0 Å². The SMILES string of the molecule is CCCCNC(=O)C1CCCN(C(=O)c2csc3c2CCC(C)C3)C1. The standard InChI is InChI=1S/C20H30N2O2S/c1-3-4-9-21-19(23)15-6-5-10-22(12-15)20(24)17-13-25-18-11-14(2)7-8-16(17)18/h13-15H,3-12H2,1-2H3,(H,21,23). The molecule has 1 saturated heterocycles. The molecule has 2 atom stereocenters. The third-order valence-electron chi connectivity index (χ3n) is 5.54. The van der Waals surface area contributed by atoms with Crippen molar-refractivity contribution in [3.05, 3.63) is 21.4 Å². The van der Waals surface area contributed by atoms with Crippen molar-refractivity contribution in [2.24, 2.45) is 11.8 Å². The van der Waals surface area contributed by atoms with E-state index in [0.29, 0.717) is 6.54 Å². The van der Waals surface area contributed by atoms with E-state index in [9.17, 15) is 9.59 Å². The Kier molecular flexibility index (Phi) is 6.15. The summed E-state index contributed by atoms with van der Waals surface area (Å²) in [6, 6.07) is 0. The molecule has 0 aromatic carbocycles. The van der Waals surface area contributed by atoms with Crippen LogP contribution in [0.5, 0.6) is 0 Å². The Bertz CT molecular complexity index is 625. The second kappa shape index (κ2) is 8.35. The summed E-state index contributed by atoms with van der Waals surface area (Å²) in [7, 11) is 0. The average molecular weight is 363 g/mol. The Morgan fingerprint density at radius 2 is 2.20 bits per heavy atom. The number of nitrogens with zero attached hydrogens (tertiary/aromatic N) is 1. The zero-order valence-electron chi connectivity index (χ0n) is 15.5. The van der Waals surface area contributed by atoms with Gasteiger partial charge in [0.05, 0.1) is 11.5 Å². The highest BCUT2D eigenvalue weighted by Crippen LogP contribution is 2.34. The van der Waals surface area contributed by atoms with Crippen molar-refractivity contribution in [2.45, 2.75) is 58.8 Å². The summed E-state index contributed by atoms with van der Waals surface area (Å²) in [5, 5.41) is 5.08. The lowest BCUT2D eigenvalue weighted by atomic mass is 9.88. The van der Waals surface area contributed by atoms with Gasteiger partial charge < -0.3 is 10.2 Å². The van der Waals surface area contributed by atoms with Crippen molar-refractivity contribution in [2.75, 3.05) is 19.6 Å². The molecule has 0 saturated carbocycles. The third-order valence-corrected chi connectivity index (χ3v) is 6.59. The molecule has 1 aromatic rings. The van der Waals surface area contributed by atoms with E-state index < -0.39 is 0 Å². The summed E-state index contributed by atoms with van der Waals surface area (Å²) in [5.74, 6) is 0.926. The van der Waals surface area contributed by atoms with Crippen LogP contribution in [0.4, 0.5) is 0 Å². The van der Waals surface area contributed by atoms with Gasteiger partial charge in [0.25, 0.3) is 5.91 Å². The van der Waals surface area contributed by atoms with E-state index >= 15 is 0 Å². The molecule has 0 spiro atoms. The third kappa shape index (κ3) is 4.25. The predicted octanol–water partition coefficient (Wildman–Crippen LogP) is 3.64. The van der Waals surface area contributed by atoms with Gasteiger partial charge in [0.15, 0.2) is 0 Å². The number of piperidine rings is 1. The van der Waals surface area contributed by atoms with Crippen molar-refractivity contribution in [3.63, 3.8) is 0 Å². The summed E-state index contributed by atoms with van der Waals surface area (Å²) in [6.07, 6.45) is 7.21. The number of hydrogen-bond donors (Lipinski definition) is 1. The van der Waals surface area contributed by atoms with Gasteiger partial charge in [-0.1, -0.05) is 20.3 Å². The lowest BCUT2D eigenvalue weighted by Crippen LogP contribution is -2.45. The summed E-state index contributed by atoms with van der Waals surface area (Å²) in [4.78, 5) is 28.7. The zero-order chi connectivity index (χ0) is 17.8. The van der Waals surface area contributed by atoms with Crippen LogP contribution >= 0.6 is 11.3 Å². The monoisotopic (exact) mass is 362 g/mol. The van der Waals surface area contributed by atoms with Crippen molar-refractivity contribution in [3.8, 4) is 0 Å². The van der Waals surface area contributed by atoms with E-state index in [1.165, 1.54) is 16.9 Å². The number of nitrogens with one attached hydrogen (secondary N) is 1. The molecule has 0 radical (unpaired) electrons. The summed E-state index contributed by atoms with van der Waals surface area (Å²) < 4.78 is 0. The molecule has 0 bridgehead atoms. The predicted molar refractivity (Wildman–Crippen MR) is 102 cm³/mol. The van der Waals surface area contributed by atoms with E-state index in [1.54, 1.807) is 11.3 Å². The maximum atomic E-state index is 13.0. The Balaban J connectivity index is 1.63. The maximum absolute atomic E-state index is 13.0. The van der Waals surface area contributed by atoms with Crippen molar-refractivity contribution >= 4 is 23.2 Å². The molecule has 2 heterocycles. The smallest absolute Gasteiger partial charge is 0.255 e. The zero-order valence-corrected chi connectivity index (χ0v) is 16.3. The number of fused-ring (bicyclic) bond motifs is 1. The minimum absolute atomic E-state index is 0.0518. The van der Waals surface area contributed by atoms with Crippen LogP contribution in [0.15, 0.2) is 5.38 Å². The highest BCUT2D eigenvalue weighted by atomic mass is 32.1. The van der Waals surface area contributed by atoms with Gasteiger partial charge in [0, 0.05) is 29.9 Å². The van der Waals surface area contributed by atoms with Crippen molar-refractivity contribution < 1.29 is 9.59 Å². The van der Waals surface area contributed by atoms with Gasteiger partial charge in [-0.05, 0) is 50.0 Å². The first-order valence-electron chi connectivity index (χ1n) is 9.76. The van der Waals surface area contributed by atoms with E-state index in [-0.39, 0.29) is 17.7 Å². The van der Waals surface area contributed by atoms with Crippen molar-refractivity contribution in [1.29, 1.82) is 0 Å². The highest BCUT2D eigenvalue weighted by molar-refractivity contribution is 7.10. The molecule has 138 valence electrons. The first-order valence-corrected chi connectivity index (χ1v) is 10.6. The minimum atomic E-state index is -0.0518. The van der Waals surface area contributed by atoms with Crippen LogP contribution in [0.25, 0.3) is 0 Å². The Morgan fingerprint density at radius 3 is 3.00 bits per heavy atom. The Hall–Kier alpha value is -1.36. The molecule has 2 aliphatic rings. The number of thiophene rings is 1. The number of rotatable bonds is 5. The van der Waals surface area contributed by atoms with Crippen LogP contribution in [-0.4, -0.2) is 36.3 Å². The Labute approximate surface area is 155 Å². The fourth-order valence-electron chi connectivity index (χ4n) is 3.94. The molecule has 2 unspecified atom stereocenters. The van der Waals surface area contributed by atoms with Gasteiger partial charge in [-0.3, -0.25) is 9.59 Å². The van der Waals surface area contributed by atoms with Crippen LogP contribution in [0.2, 0.25) is 0 Å². The first-order chi connectivity index (χ1) is 12.1. The molecule has 3 rings (SSSR count). The molecule has 1 aromatic heterocycles. The van der Waals surface area contributed by atoms with E-state index in [2.05, 4.69) is 24.5 Å². The Morgan fingerprint density at radius 1 is 1.36 bits per heavy atom. The fraction of sp³-hybridized carbons (Fsp3) is 0.700. The number of likely N-dealkylation sites (tertiary alicyclic amines) is 1. The van der Waals surface area contributed by atoms with Gasteiger partial charge >= 0.3 is 0 Å². The van der Waals surface area contributed by atoms with Gasteiger partial charge in [-0.25, -0.2) is 0 Å². The number of carbonyl (C=O) groups is 2. The van der Waals surface area contributed by atoms with E-state index in [0.717, 1.165) is 63.1 Å². The van der Waals surface area contributed by atoms with E-state index in [4.69, 9.17) is 0 Å². The van der Waals surface area contributed by atoms with Crippen molar-refractivity contribution in [1.82, 2.24) is 10.2 Å². The van der Waals surface area contributed by atoms with Crippen LogP contribution in [-0.2, 0) is 17.6 Å². The summed E-state index contributed by atoms with van der Waals surface area (Å²) in [6.45, 7) is 6.50. The molecule has 1 aliphatic carbocycles. The van der Waals surface area contributed by atoms with Gasteiger partial charge in [0.2, 0.25) is 5.91 Å². The number of amides is 2. The lowest BCUT2D eigenvalue weighted by Gasteiger charge is -2.32. The molecule has 2 amide bonds. The topological polar surface area (TPSA) is 49.4 Å². The molecular formula is C20H30N2O2S. The lowest BCUT2D eigenvalue weighted by molar-refractivity contribution is -0.126. The van der Waals surface area contributed by atoms with Crippen LogP contribution in [0, 0.1) is 11.8 Å². The maximum Gasteiger partial charge on any atom is 0.255 e. The van der Waals surface area contributed by atoms with Gasteiger partial charge in [-0.15, -0.1) is 11.3 Å². The molecular weight excluding hydrogens is 332 g/mol. The second-order valence-electron chi connectivity index (χ2n) is 7.63. The molecule has 1 aliphatic heterocycles. The minimum Gasteiger partial charge on any atom is -0.356 e. The second-order valence-corrected chi connectivity index (χ2v) is 8.60. The number of unbranched alkanes of at least 4 members (excludes halogenated alkanes) is 1. The molecule has 5 heteroatoms. The number of carbonyl (C=O) groups excluding carboxylic acids is 2. The molecule has 25 heavy (non-hydrogen) atoms. The summed E-state index contributed by atoms with van der Waals surface area (Å²) in [5.41, 5.74) is 2.18. The van der Waals surface area contributed by atoms with Gasteiger partial charge in [0.1, 0.15) is 0 Å².